The second kappa shape index (κ2) is 1.58. The minimum Gasteiger partial charge on any atom is -0.303 e. The van der Waals surface area contributed by atoms with Crippen LogP contribution in [0.25, 0.3) is 0 Å². The van der Waals surface area contributed by atoms with Gasteiger partial charge in [-0.2, -0.15) is 0 Å². The van der Waals surface area contributed by atoms with E-state index in [2.05, 4.69) is 26.1 Å². The normalized spacial score (nSPS) is 48.9. The number of hydrogen-bond donors (Lipinski definition) is 1. The lowest BCUT2D eigenvalue weighted by Gasteiger charge is -2.36. The Morgan fingerprint density at radius 3 is 2.20 bits per heavy atom. The van der Waals surface area contributed by atoms with Crippen molar-refractivity contribution < 1.29 is 0 Å². The molecule has 0 amide bonds. The summed E-state index contributed by atoms with van der Waals surface area (Å²) in [6, 6.07) is 0. The van der Waals surface area contributed by atoms with Crippen molar-refractivity contribution in [3.8, 4) is 0 Å². The molecule has 1 saturated heterocycles. The maximum absolute atomic E-state index is 3.59. The van der Waals surface area contributed by atoms with E-state index in [0.29, 0.717) is 11.1 Å². The van der Waals surface area contributed by atoms with Gasteiger partial charge in [-0.05, 0) is 32.6 Å². The van der Waals surface area contributed by atoms with E-state index in [0.717, 1.165) is 5.92 Å². The SMILES string of the molecule is CCC1CC2(C1)NC2(C)C. The Balaban J connectivity index is 1.92. The summed E-state index contributed by atoms with van der Waals surface area (Å²) in [4.78, 5) is 0. The van der Waals surface area contributed by atoms with Gasteiger partial charge in [0.25, 0.3) is 0 Å². The predicted molar refractivity (Wildman–Crippen MR) is 43.0 cm³/mol. The van der Waals surface area contributed by atoms with E-state index >= 15 is 0 Å². The minimum absolute atomic E-state index is 0.471. The van der Waals surface area contributed by atoms with E-state index < -0.39 is 0 Å². The first-order valence-electron chi connectivity index (χ1n) is 4.39. The van der Waals surface area contributed by atoms with Gasteiger partial charge >= 0.3 is 0 Å². The lowest BCUT2D eigenvalue weighted by Crippen LogP contribution is -2.37. The van der Waals surface area contributed by atoms with Crippen molar-refractivity contribution in [2.45, 2.75) is 51.1 Å². The molecule has 1 spiro atoms. The monoisotopic (exact) mass is 139 g/mol. The average molecular weight is 139 g/mol. The molecule has 2 rings (SSSR count). The summed E-state index contributed by atoms with van der Waals surface area (Å²) in [6.45, 7) is 6.94. The zero-order valence-corrected chi connectivity index (χ0v) is 7.20. The van der Waals surface area contributed by atoms with Crippen LogP contribution in [-0.2, 0) is 0 Å². The summed E-state index contributed by atoms with van der Waals surface area (Å²) in [5, 5.41) is 3.59. The molecule has 0 unspecified atom stereocenters. The van der Waals surface area contributed by atoms with Crippen LogP contribution in [-0.4, -0.2) is 11.1 Å². The number of rotatable bonds is 1. The fourth-order valence-electron chi connectivity index (χ4n) is 2.39. The van der Waals surface area contributed by atoms with Crippen molar-refractivity contribution in [2.24, 2.45) is 5.92 Å². The van der Waals surface area contributed by atoms with Gasteiger partial charge in [-0.25, -0.2) is 0 Å². The van der Waals surface area contributed by atoms with Gasteiger partial charge in [0.05, 0.1) is 0 Å². The van der Waals surface area contributed by atoms with Crippen LogP contribution in [0.5, 0.6) is 0 Å². The fourth-order valence-corrected chi connectivity index (χ4v) is 2.39. The van der Waals surface area contributed by atoms with Gasteiger partial charge in [0, 0.05) is 11.1 Å². The van der Waals surface area contributed by atoms with Crippen molar-refractivity contribution in [3.63, 3.8) is 0 Å². The first-order chi connectivity index (χ1) is 4.60. The largest absolute Gasteiger partial charge is 0.303 e. The number of nitrogens with one attached hydrogen (secondary N) is 1. The summed E-state index contributed by atoms with van der Waals surface area (Å²) in [5.41, 5.74) is 1.06. The Bertz CT molecular complexity index is 154. The molecule has 0 atom stereocenters. The first kappa shape index (κ1) is 6.66. The molecule has 1 heteroatoms. The Morgan fingerprint density at radius 2 is 1.90 bits per heavy atom. The molecule has 1 saturated carbocycles. The molecule has 0 radical (unpaired) electrons. The molecule has 10 heavy (non-hydrogen) atoms. The summed E-state index contributed by atoms with van der Waals surface area (Å²) >= 11 is 0. The summed E-state index contributed by atoms with van der Waals surface area (Å²) in [5.74, 6) is 1.02. The third-order valence-corrected chi connectivity index (χ3v) is 3.54. The molecule has 0 aromatic heterocycles. The Hall–Kier alpha value is -0.0400. The maximum Gasteiger partial charge on any atom is 0.0369 e. The van der Waals surface area contributed by atoms with Crippen molar-refractivity contribution in [1.82, 2.24) is 5.32 Å². The van der Waals surface area contributed by atoms with E-state index in [9.17, 15) is 0 Å². The molecule has 0 bridgehead atoms. The predicted octanol–water partition coefficient (Wildman–Crippen LogP) is 1.93. The molecular weight excluding hydrogens is 122 g/mol. The molecule has 1 nitrogen and oxygen atoms in total. The third kappa shape index (κ3) is 0.619. The first-order valence-corrected chi connectivity index (χ1v) is 4.39. The van der Waals surface area contributed by atoms with Gasteiger partial charge < -0.3 is 5.32 Å². The molecule has 1 N–H and O–H groups in total. The van der Waals surface area contributed by atoms with Crippen LogP contribution < -0.4 is 5.32 Å². The van der Waals surface area contributed by atoms with E-state index in [1.165, 1.54) is 19.3 Å². The van der Waals surface area contributed by atoms with Crippen molar-refractivity contribution in [2.75, 3.05) is 0 Å². The summed E-state index contributed by atoms with van der Waals surface area (Å²) < 4.78 is 0. The van der Waals surface area contributed by atoms with Gasteiger partial charge in [-0.1, -0.05) is 13.3 Å². The quantitative estimate of drug-likeness (QED) is 0.551. The van der Waals surface area contributed by atoms with Crippen LogP contribution in [0.15, 0.2) is 0 Å². The Kier molecular flexibility index (Phi) is 1.05. The van der Waals surface area contributed by atoms with E-state index in [1.54, 1.807) is 0 Å². The molecule has 1 heterocycles. The molecular formula is C9H17N. The second-order valence-electron chi connectivity index (χ2n) is 4.51. The van der Waals surface area contributed by atoms with E-state index in [4.69, 9.17) is 0 Å². The molecule has 58 valence electrons. The highest BCUT2D eigenvalue weighted by Crippen LogP contribution is 2.56. The van der Waals surface area contributed by atoms with E-state index in [-0.39, 0.29) is 0 Å². The minimum atomic E-state index is 0.471. The lowest BCUT2D eigenvalue weighted by atomic mass is 9.68. The van der Waals surface area contributed by atoms with Crippen LogP contribution in [0.2, 0.25) is 0 Å². The standard InChI is InChI=1S/C9H17N/c1-4-7-5-9(6-7)8(2,3)10-9/h7,10H,4-6H2,1-3H3. The van der Waals surface area contributed by atoms with Crippen LogP contribution in [0.3, 0.4) is 0 Å². The van der Waals surface area contributed by atoms with Gasteiger partial charge in [0.2, 0.25) is 0 Å². The van der Waals surface area contributed by atoms with Crippen LogP contribution >= 0.6 is 0 Å². The molecule has 2 fully saturated rings. The fraction of sp³-hybridized carbons (Fsp3) is 1.00. The van der Waals surface area contributed by atoms with Gasteiger partial charge in [0.1, 0.15) is 0 Å². The molecule has 1 aliphatic carbocycles. The number of hydrogen-bond acceptors (Lipinski definition) is 1. The molecule has 0 aromatic carbocycles. The van der Waals surface area contributed by atoms with Crippen LogP contribution in [0.4, 0.5) is 0 Å². The highest BCUT2D eigenvalue weighted by Gasteiger charge is 2.66. The second-order valence-corrected chi connectivity index (χ2v) is 4.51. The highest BCUT2D eigenvalue weighted by molar-refractivity contribution is 5.27. The third-order valence-electron chi connectivity index (χ3n) is 3.54. The summed E-state index contributed by atoms with van der Waals surface area (Å²) in [6.07, 6.45) is 4.23. The van der Waals surface area contributed by atoms with Crippen molar-refractivity contribution >= 4 is 0 Å². The van der Waals surface area contributed by atoms with Gasteiger partial charge in [-0.3, -0.25) is 0 Å². The highest BCUT2D eigenvalue weighted by atomic mass is 15.3. The van der Waals surface area contributed by atoms with Gasteiger partial charge in [-0.15, -0.1) is 0 Å². The lowest BCUT2D eigenvalue weighted by molar-refractivity contribution is 0.209. The Morgan fingerprint density at radius 1 is 1.40 bits per heavy atom. The zero-order chi connectivity index (χ0) is 7.41. The van der Waals surface area contributed by atoms with Gasteiger partial charge in [0.15, 0.2) is 0 Å². The van der Waals surface area contributed by atoms with Crippen LogP contribution in [0.1, 0.15) is 40.0 Å². The maximum atomic E-state index is 3.59. The average Bonchev–Trinajstić information content (AvgIpc) is 2.30. The van der Waals surface area contributed by atoms with Crippen molar-refractivity contribution in [1.29, 1.82) is 0 Å². The van der Waals surface area contributed by atoms with E-state index in [1.807, 2.05) is 0 Å². The molecule has 0 aromatic rings. The smallest absolute Gasteiger partial charge is 0.0369 e. The topological polar surface area (TPSA) is 21.9 Å². The zero-order valence-electron chi connectivity index (χ0n) is 7.20. The molecule has 1 aliphatic heterocycles. The molecule has 2 aliphatic rings. The Labute approximate surface area is 63.2 Å². The summed E-state index contributed by atoms with van der Waals surface area (Å²) in [7, 11) is 0. The van der Waals surface area contributed by atoms with Crippen LogP contribution in [0, 0.1) is 5.92 Å². The van der Waals surface area contributed by atoms with Crippen molar-refractivity contribution in [3.05, 3.63) is 0 Å².